The lowest BCUT2D eigenvalue weighted by Crippen LogP contribution is -2.29. The van der Waals surface area contributed by atoms with Crippen LogP contribution in [0.5, 0.6) is 0 Å². The van der Waals surface area contributed by atoms with Crippen LogP contribution in [0.25, 0.3) is 5.69 Å². The summed E-state index contributed by atoms with van der Waals surface area (Å²) in [4.78, 5) is 2.54. The summed E-state index contributed by atoms with van der Waals surface area (Å²) in [5, 5.41) is 9.14. The highest BCUT2D eigenvalue weighted by molar-refractivity contribution is 6.30. The predicted molar refractivity (Wildman–Crippen MR) is 89.9 cm³/mol. The zero-order valence-electron chi connectivity index (χ0n) is 12.7. The first-order chi connectivity index (χ1) is 10.8. The van der Waals surface area contributed by atoms with Crippen molar-refractivity contribution in [3.63, 3.8) is 0 Å². The molecule has 0 unspecified atom stereocenters. The second-order valence-electron chi connectivity index (χ2n) is 6.18. The molecule has 1 fully saturated rings. The fourth-order valence-corrected chi connectivity index (χ4v) is 3.60. The lowest BCUT2D eigenvalue weighted by atomic mass is 10.1. The normalized spacial score (nSPS) is 18.2. The van der Waals surface area contributed by atoms with E-state index in [0.717, 1.165) is 36.0 Å². The van der Waals surface area contributed by atoms with Gasteiger partial charge in [0.1, 0.15) is 5.82 Å². The zero-order chi connectivity index (χ0) is 14.9. The molecule has 2 aliphatic heterocycles. The summed E-state index contributed by atoms with van der Waals surface area (Å²) in [5.74, 6) is 1.16. The number of aromatic nitrogens is 2. The van der Waals surface area contributed by atoms with E-state index in [1.54, 1.807) is 0 Å². The summed E-state index contributed by atoms with van der Waals surface area (Å²) in [6.07, 6.45) is 5.08. The monoisotopic (exact) mass is 316 g/mol. The number of hydrogen-bond donors (Lipinski definition) is 1. The lowest BCUT2D eigenvalue weighted by molar-refractivity contribution is 0.217. The summed E-state index contributed by atoms with van der Waals surface area (Å²) in [7, 11) is 0. The predicted octanol–water partition coefficient (Wildman–Crippen LogP) is 3.48. The Balaban J connectivity index is 1.65. The number of halogens is 1. The third-order valence-corrected chi connectivity index (χ3v) is 4.88. The van der Waals surface area contributed by atoms with Crippen molar-refractivity contribution in [1.29, 1.82) is 0 Å². The number of benzene rings is 1. The van der Waals surface area contributed by atoms with Gasteiger partial charge >= 0.3 is 0 Å². The van der Waals surface area contributed by atoms with Crippen LogP contribution in [0, 0.1) is 0 Å². The van der Waals surface area contributed by atoms with Crippen LogP contribution in [0.1, 0.15) is 30.5 Å². The largest absolute Gasteiger partial charge is 0.369 e. The van der Waals surface area contributed by atoms with Crippen molar-refractivity contribution in [3.05, 3.63) is 40.5 Å². The van der Waals surface area contributed by atoms with E-state index in [-0.39, 0.29) is 0 Å². The van der Waals surface area contributed by atoms with Crippen molar-refractivity contribution >= 4 is 17.4 Å². The molecule has 0 saturated carbocycles. The third kappa shape index (κ3) is 2.61. The molecule has 4 rings (SSSR count). The molecule has 0 bridgehead atoms. The van der Waals surface area contributed by atoms with E-state index in [1.165, 1.54) is 43.6 Å². The number of piperidine rings is 1. The molecule has 116 valence electrons. The first-order valence-electron chi connectivity index (χ1n) is 8.14. The van der Waals surface area contributed by atoms with Crippen molar-refractivity contribution in [2.75, 3.05) is 25.0 Å². The number of anilines is 1. The molecule has 0 spiro atoms. The fraction of sp³-hybridized carbons (Fsp3) is 0.471. The number of nitrogens with one attached hydrogen (secondary N) is 1. The molecule has 0 amide bonds. The van der Waals surface area contributed by atoms with E-state index in [1.807, 2.05) is 28.9 Å². The molecule has 4 nitrogen and oxygen atoms in total. The van der Waals surface area contributed by atoms with Gasteiger partial charge in [0.25, 0.3) is 0 Å². The number of likely N-dealkylation sites (tertiary alicyclic amines) is 1. The highest BCUT2D eigenvalue weighted by Crippen LogP contribution is 2.30. The van der Waals surface area contributed by atoms with Gasteiger partial charge in [0, 0.05) is 23.7 Å². The van der Waals surface area contributed by atoms with Crippen LogP contribution in [0.4, 0.5) is 5.82 Å². The average Bonchev–Trinajstić information content (AvgIpc) is 3.13. The van der Waals surface area contributed by atoms with E-state index in [0.29, 0.717) is 0 Å². The van der Waals surface area contributed by atoms with E-state index in [9.17, 15) is 0 Å². The molecule has 1 N–H and O–H groups in total. The highest BCUT2D eigenvalue weighted by atomic mass is 35.5. The first kappa shape index (κ1) is 14.1. The van der Waals surface area contributed by atoms with Crippen LogP contribution in [-0.4, -0.2) is 34.3 Å². The Morgan fingerprint density at radius 3 is 2.64 bits per heavy atom. The van der Waals surface area contributed by atoms with Gasteiger partial charge in [-0.05, 0) is 56.6 Å². The van der Waals surface area contributed by atoms with E-state index in [2.05, 4.69) is 10.2 Å². The molecule has 5 heteroatoms. The van der Waals surface area contributed by atoms with Crippen LogP contribution in [0.3, 0.4) is 0 Å². The van der Waals surface area contributed by atoms with Gasteiger partial charge in [-0.3, -0.25) is 4.90 Å². The summed E-state index contributed by atoms with van der Waals surface area (Å²) < 4.78 is 2.04. The molecule has 0 atom stereocenters. The maximum Gasteiger partial charge on any atom is 0.133 e. The Bertz CT molecular complexity index is 656. The average molecular weight is 317 g/mol. The molecule has 1 saturated heterocycles. The second-order valence-corrected chi connectivity index (χ2v) is 6.61. The minimum absolute atomic E-state index is 0.758. The molecule has 0 radical (unpaired) electrons. The molecule has 3 heterocycles. The fourth-order valence-electron chi connectivity index (χ4n) is 3.47. The molecule has 1 aromatic carbocycles. The molecule has 2 aliphatic rings. The standard InChI is InChI=1S/C17H21ClN4/c18-13-4-6-14(7-5-13)22-17-15(8-9-19-17)16(20-22)12-21-10-2-1-3-11-21/h4-7,19H,1-3,8-12H2. The maximum atomic E-state index is 6.00. The highest BCUT2D eigenvalue weighted by Gasteiger charge is 2.24. The Kier molecular flexibility index (Phi) is 3.80. The van der Waals surface area contributed by atoms with Crippen LogP contribution >= 0.6 is 11.6 Å². The Labute approximate surface area is 136 Å². The van der Waals surface area contributed by atoms with Crippen molar-refractivity contribution in [1.82, 2.24) is 14.7 Å². The molecule has 1 aromatic heterocycles. The van der Waals surface area contributed by atoms with Gasteiger partial charge in [0.15, 0.2) is 0 Å². The first-order valence-corrected chi connectivity index (χ1v) is 8.52. The Morgan fingerprint density at radius 1 is 1.09 bits per heavy atom. The minimum atomic E-state index is 0.758. The van der Waals surface area contributed by atoms with Crippen molar-refractivity contribution < 1.29 is 0 Å². The van der Waals surface area contributed by atoms with Gasteiger partial charge in [0.05, 0.1) is 11.4 Å². The van der Waals surface area contributed by atoms with E-state index in [4.69, 9.17) is 16.7 Å². The minimum Gasteiger partial charge on any atom is -0.369 e. The lowest BCUT2D eigenvalue weighted by Gasteiger charge is -2.25. The second kappa shape index (κ2) is 5.94. The molecular weight excluding hydrogens is 296 g/mol. The quantitative estimate of drug-likeness (QED) is 0.941. The van der Waals surface area contributed by atoms with Gasteiger partial charge < -0.3 is 5.32 Å². The number of hydrogen-bond acceptors (Lipinski definition) is 3. The summed E-state index contributed by atoms with van der Waals surface area (Å²) in [5.41, 5.74) is 3.69. The smallest absolute Gasteiger partial charge is 0.133 e. The number of fused-ring (bicyclic) bond motifs is 1. The maximum absolute atomic E-state index is 6.00. The van der Waals surface area contributed by atoms with Gasteiger partial charge in [-0.15, -0.1) is 0 Å². The summed E-state index contributed by atoms with van der Waals surface area (Å²) >= 11 is 6.00. The number of nitrogens with zero attached hydrogens (tertiary/aromatic N) is 3. The van der Waals surface area contributed by atoms with Gasteiger partial charge in [-0.2, -0.15) is 5.10 Å². The molecule has 0 aliphatic carbocycles. The van der Waals surface area contributed by atoms with Crippen LogP contribution < -0.4 is 5.32 Å². The molecule has 2 aromatic rings. The van der Waals surface area contributed by atoms with Gasteiger partial charge in [0.2, 0.25) is 0 Å². The van der Waals surface area contributed by atoms with Gasteiger partial charge in [-0.25, -0.2) is 4.68 Å². The van der Waals surface area contributed by atoms with Crippen LogP contribution in [0.2, 0.25) is 5.02 Å². The Morgan fingerprint density at radius 2 is 1.86 bits per heavy atom. The topological polar surface area (TPSA) is 33.1 Å². The van der Waals surface area contributed by atoms with Crippen molar-refractivity contribution in [2.45, 2.75) is 32.2 Å². The van der Waals surface area contributed by atoms with Crippen molar-refractivity contribution in [2.24, 2.45) is 0 Å². The third-order valence-electron chi connectivity index (χ3n) is 4.63. The number of rotatable bonds is 3. The Hall–Kier alpha value is -1.52. The molecule has 22 heavy (non-hydrogen) atoms. The SMILES string of the molecule is Clc1ccc(-n2nc(CN3CCCCC3)c3c2NCC3)cc1. The van der Waals surface area contributed by atoms with Gasteiger partial charge in [-0.1, -0.05) is 18.0 Å². The van der Waals surface area contributed by atoms with E-state index < -0.39 is 0 Å². The zero-order valence-corrected chi connectivity index (χ0v) is 13.4. The summed E-state index contributed by atoms with van der Waals surface area (Å²) in [6, 6.07) is 7.90. The van der Waals surface area contributed by atoms with Crippen LogP contribution in [0.15, 0.2) is 24.3 Å². The molecular formula is C17H21ClN4. The van der Waals surface area contributed by atoms with E-state index >= 15 is 0 Å². The summed E-state index contributed by atoms with van der Waals surface area (Å²) in [6.45, 7) is 4.39. The van der Waals surface area contributed by atoms with Crippen LogP contribution in [-0.2, 0) is 13.0 Å². The van der Waals surface area contributed by atoms with Crippen molar-refractivity contribution in [3.8, 4) is 5.69 Å².